The lowest BCUT2D eigenvalue weighted by atomic mass is 10.1. The van der Waals surface area contributed by atoms with Crippen LogP contribution >= 0.6 is 11.6 Å². The highest BCUT2D eigenvalue weighted by Gasteiger charge is 2.11. The largest absolute Gasteiger partial charge is 0.338 e. The molecule has 1 unspecified atom stereocenters. The second kappa shape index (κ2) is 7.36. The minimum Gasteiger partial charge on any atom is -0.338 e. The number of carbonyl (C=O) groups excluding carboxylic acids is 1. The number of nitrogens with zero attached hydrogens (tertiary/aromatic N) is 2. The number of nitrogens with one attached hydrogen (secondary N) is 2. The summed E-state index contributed by atoms with van der Waals surface area (Å²) in [6.07, 6.45) is 4.61. The monoisotopic (exact) mass is 342 g/mol. The number of hydrogen-bond donors (Lipinski definition) is 2. The van der Waals surface area contributed by atoms with Crippen molar-refractivity contribution in [2.24, 2.45) is 0 Å². The maximum absolute atomic E-state index is 12.0. The van der Waals surface area contributed by atoms with E-state index in [9.17, 15) is 4.79 Å². The number of imidazole rings is 1. The minimum atomic E-state index is -0.216. The van der Waals surface area contributed by atoms with Gasteiger partial charge in [-0.3, -0.25) is 0 Å². The molecule has 24 heavy (non-hydrogen) atoms. The number of carbonyl (C=O) groups is 1. The maximum Gasteiger partial charge on any atom is 0.315 e. The molecule has 3 rings (SSSR count). The first kappa shape index (κ1) is 16.3. The summed E-state index contributed by atoms with van der Waals surface area (Å²) in [5.74, 6) is 0. The van der Waals surface area contributed by atoms with E-state index >= 15 is 0 Å². The van der Waals surface area contributed by atoms with E-state index in [-0.39, 0.29) is 12.1 Å². The molecule has 5 nitrogen and oxygen atoms in total. The molecule has 0 saturated carbocycles. The molecule has 3 aromatic rings. The van der Waals surface area contributed by atoms with Crippen molar-refractivity contribution in [2.45, 2.75) is 19.4 Å². The Morgan fingerprint density at radius 3 is 2.83 bits per heavy atom. The van der Waals surface area contributed by atoms with Gasteiger partial charge >= 0.3 is 6.03 Å². The van der Waals surface area contributed by atoms with Gasteiger partial charge in [0.1, 0.15) is 5.65 Å². The van der Waals surface area contributed by atoms with Gasteiger partial charge in [-0.1, -0.05) is 35.9 Å². The fourth-order valence-electron chi connectivity index (χ4n) is 2.56. The van der Waals surface area contributed by atoms with Gasteiger partial charge in [-0.25, -0.2) is 9.78 Å². The quantitative estimate of drug-likeness (QED) is 0.744. The third-order valence-electron chi connectivity index (χ3n) is 3.80. The van der Waals surface area contributed by atoms with Crippen molar-refractivity contribution >= 4 is 23.3 Å². The summed E-state index contributed by atoms with van der Waals surface area (Å²) in [6.45, 7) is 2.42. The number of rotatable bonds is 5. The Morgan fingerprint density at radius 1 is 1.25 bits per heavy atom. The highest BCUT2D eigenvalue weighted by molar-refractivity contribution is 6.31. The Labute approximate surface area is 145 Å². The lowest BCUT2D eigenvalue weighted by Gasteiger charge is -2.16. The van der Waals surface area contributed by atoms with Crippen molar-refractivity contribution in [3.8, 4) is 0 Å². The molecule has 2 heterocycles. The molecule has 0 aliphatic heterocycles. The molecule has 0 aliphatic rings. The molecular formula is C18H19ClN4O. The van der Waals surface area contributed by atoms with Crippen molar-refractivity contribution in [3.63, 3.8) is 0 Å². The van der Waals surface area contributed by atoms with E-state index in [2.05, 4.69) is 15.6 Å². The van der Waals surface area contributed by atoms with Gasteiger partial charge in [0.25, 0.3) is 0 Å². The molecule has 0 fully saturated rings. The maximum atomic E-state index is 12.0. The zero-order valence-electron chi connectivity index (χ0n) is 13.4. The SMILES string of the molecule is CC(NC(=O)NCCc1cn2ccccc2n1)c1ccccc1Cl. The predicted molar refractivity (Wildman–Crippen MR) is 95.3 cm³/mol. The number of fused-ring (bicyclic) bond motifs is 1. The fourth-order valence-corrected chi connectivity index (χ4v) is 2.86. The summed E-state index contributed by atoms with van der Waals surface area (Å²) < 4.78 is 1.97. The average Bonchev–Trinajstić information content (AvgIpc) is 2.97. The van der Waals surface area contributed by atoms with Gasteiger partial charge in [-0.15, -0.1) is 0 Å². The van der Waals surface area contributed by atoms with E-state index in [4.69, 9.17) is 11.6 Å². The van der Waals surface area contributed by atoms with Crippen LogP contribution in [0.2, 0.25) is 5.02 Å². The molecule has 0 spiro atoms. The zero-order valence-corrected chi connectivity index (χ0v) is 14.1. The van der Waals surface area contributed by atoms with Crippen LogP contribution in [0.5, 0.6) is 0 Å². The Morgan fingerprint density at radius 2 is 2.04 bits per heavy atom. The van der Waals surface area contributed by atoms with E-state index in [0.29, 0.717) is 18.0 Å². The van der Waals surface area contributed by atoms with Gasteiger partial charge in [0.05, 0.1) is 11.7 Å². The van der Waals surface area contributed by atoms with Crippen molar-refractivity contribution < 1.29 is 4.79 Å². The Balaban J connectivity index is 1.49. The summed E-state index contributed by atoms with van der Waals surface area (Å²) in [5, 5.41) is 6.39. The summed E-state index contributed by atoms with van der Waals surface area (Å²) in [7, 11) is 0. The van der Waals surface area contributed by atoms with Gasteiger partial charge < -0.3 is 15.0 Å². The molecular weight excluding hydrogens is 324 g/mol. The number of benzene rings is 1. The third-order valence-corrected chi connectivity index (χ3v) is 4.14. The van der Waals surface area contributed by atoms with E-state index in [1.807, 2.05) is 66.2 Å². The molecule has 2 amide bonds. The molecule has 1 atom stereocenters. The summed E-state index contributed by atoms with van der Waals surface area (Å²) in [4.78, 5) is 16.5. The second-order valence-electron chi connectivity index (χ2n) is 5.59. The second-order valence-corrected chi connectivity index (χ2v) is 6.00. The van der Waals surface area contributed by atoms with Crippen LogP contribution in [0, 0.1) is 0 Å². The van der Waals surface area contributed by atoms with Crippen LogP contribution in [0.4, 0.5) is 4.79 Å². The number of urea groups is 1. The van der Waals surface area contributed by atoms with E-state index in [1.165, 1.54) is 0 Å². The number of aromatic nitrogens is 2. The number of halogens is 1. The lowest BCUT2D eigenvalue weighted by molar-refractivity contribution is 0.238. The highest BCUT2D eigenvalue weighted by Crippen LogP contribution is 2.21. The smallest absolute Gasteiger partial charge is 0.315 e. The molecule has 0 radical (unpaired) electrons. The number of amides is 2. The normalized spacial score (nSPS) is 12.1. The first-order valence-electron chi connectivity index (χ1n) is 7.85. The molecule has 0 saturated heterocycles. The topological polar surface area (TPSA) is 58.4 Å². The Hall–Kier alpha value is -2.53. The first-order chi connectivity index (χ1) is 11.6. The molecule has 6 heteroatoms. The molecule has 1 aromatic carbocycles. The van der Waals surface area contributed by atoms with Crippen LogP contribution < -0.4 is 10.6 Å². The predicted octanol–water partition coefficient (Wildman–Crippen LogP) is 3.59. The Bertz CT molecular complexity index is 813. The zero-order chi connectivity index (χ0) is 16.9. The lowest BCUT2D eigenvalue weighted by Crippen LogP contribution is -2.38. The third kappa shape index (κ3) is 3.86. The molecule has 0 aliphatic carbocycles. The average molecular weight is 343 g/mol. The first-order valence-corrected chi connectivity index (χ1v) is 8.22. The van der Waals surface area contributed by atoms with Crippen LogP contribution in [0.25, 0.3) is 5.65 Å². The van der Waals surface area contributed by atoms with Gasteiger partial charge in [0.15, 0.2) is 0 Å². The number of hydrogen-bond acceptors (Lipinski definition) is 2. The van der Waals surface area contributed by atoms with Crippen molar-refractivity contribution in [2.75, 3.05) is 6.54 Å². The molecule has 0 bridgehead atoms. The van der Waals surface area contributed by atoms with Crippen LogP contribution in [-0.4, -0.2) is 22.0 Å². The van der Waals surface area contributed by atoms with Gasteiger partial charge in [0, 0.05) is 30.4 Å². The van der Waals surface area contributed by atoms with E-state index in [0.717, 1.165) is 16.9 Å². The van der Waals surface area contributed by atoms with Crippen LogP contribution in [0.3, 0.4) is 0 Å². The van der Waals surface area contributed by atoms with Crippen LogP contribution in [-0.2, 0) is 6.42 Å². The summed E-state index contributed by atoms with van der Waals surface area (Å²) in [6, 6.07) is 13.0. The molecule has 124 valence electrons. The molecule has 2 aromatic heterocycles. The number of pyridine rings is 1. The highest BCUT2D eigenvalue weighted by atomic mass is 35.5. The van der Waals surface area contributed by atoms with E-state index < -0.39 is 0 Å². The Kier molecular flexibility index (Phi) is 5.01. The minimum absolute atomic E-state index is 0.158. The van der Waals surface area contributed by atoms with Crippen LogP contribution in [0.15, 0.2) is 54.9 Å². The molecule has 2 N–H and O–H groups in total. The van der Waals surface area contributed by atoms with Crippen LogP contribution in [0.1, 0.15) is 24.2 Å². The van der Waals surface area contributed by atoms with Gasteiger partial charge in [-0.2, -0.15) is 0 Å². The summed E-state index contributed by atoms with van der Waals surface area (Å²) >= 11 is 6.14. The summed E-state index contributed by atoms with van der Waals surface area (Å²) in [5.41, 5.74) is 2.75. The van der Waals surface area contributed by atoms with Gasteiger partial charge in [0.2, 0.25) is 0 Å². The van der Waals surface area contributed by atoms with Crippen molar-refractivity contribution in [3.05, 3.63) is 71.1 Å². The fraction of sp³-hybridized carbons (Fsp3) is 0.222. The standard InChI is InChI=1S/C18H19ClN4O/c1-13(15-6-2-3-7-16(15)19)21-18(24)20-10-9-14-12-23-11-5-4-8-17(23)22-14/h2-8,11-13H,9-10H2,1H3,(H2,20,21,24). The van der Waals surface area contributed by atoms with E-state index in [1.54, 1.807) is 0 Å². The van der Waals surface area contributed by atoms with Crippen molar-refractivity contribution in [1.82, 2.24) is 20.0 Å². The van der Waals surface area contributed by atoms with Crippen molar-refractivity contribution in [1.29, 1.82) is 0 Å². The van der Waals surface area contributed by atoms with Gasteiger partial charge in [-0.05, 0) is 30.7 Å².